The van der Waals surface area contributed by atoms with Crippen LogP contribution in [0.25, 0.3) is 0 Å². The Kier molecular flexibility index (Phi) is 6.38. The van der Waals surface area contributed by atoms with Crippen molar-refractivity contribution in [3.63, 3.8) is 0 Å². The number of anilines is 1. The Balaban J connectivity index is 1.80. The van der Waals surface area contributed by atoms with Gasteiger partial charge in [0.15, 0.2) is 0 Å². The van der Waals surface area contributed by atoms with E-state index >= 15 is 0 Å². The highest BCUT2D eigenvalue weighted by Crippen LogP contribution is 2.26. The molecule has 2 nitrogen and oxygen atoms in total. The number of nitrogens with zero attached hydrogens (tertiary/aromatic N) is 1. The summed E-state index contributed by atoms with van der Waals surface area (Å²) in [4.78, 5) is 2.59. The van der Waals surface area contributed by atoms with Crippen molar-refractivity contribution in [3.05, 3.63) is 29.8 Å². The number of aryl methyl sites for hydroxylation is 1. The first kappa shape index (κ1) is 15.4. The Morgan fingerprint density at radius 1 is 1.25 bits per heavy atom. The van der Waals surface area contributed by atoms with E-state index in [-0.39, 0.29) is 0 Å². The third-order valence-corrected chi connectivity index (χ3v) is 4.36. The molecule has 2 rings (SSSR count). The Labute approximate surface area is 124 Å². The van der Waals surface area contributed by atoms with Crippen LogP contribution in [0.15, 0.2) is 24.3 Å². The zero-order valence-corrected chi connectivity index (χ0v) is 13.2. The van der Waals surface area contributed by atoms with E-state index in [1.54, 1.807) is 0 Å². The van der Waals surface area contributed by atoms with Gasteiger partial charge in [0, 0.05) is 24.8 Å². The quantitative estimate of drug-likeness (QED) is 0.771. The number of nitrogens with one attached hydrogen (secondary N) is 1. The van der Waals surface area contributed by atoms with E-state index in [1.807, 2.05) is 0 Å². The second-order valence-corrected chi connectivity index (χ2v) is 5.92. The van der Waals surface area contributed by atoms with Crippen molar-refractivity contribution in [1.29, 1.82) is 0 Å². The van der Waals surface area contributed by atoms with Crippen molar-refractivity contribution < 1.29 is 0 Å². The molecule has 112 valence electrons. The Bertz CT molecular complexity index is 389. The fourth-order valence-electron chi connectivity index (χ4n) is 3.17. The minimum atomic E-state index is 0.704. The molecule has 1 aliphatic heterocycles. The lowest BCUT2D eigenvalue weighted by atomic mass is 10.0. The molecule has 1 aromatic rings. The zero-order valence-electron chi connectivity index (χ0n) is 13.2. The SMILES string of the molecule is CCCNC(CC)CCCN1CCCc2ccccc21. The second kappa shape index (κ2) is 8.31. The molecule has 0 aromatic heterocycles. The van der Waals surface area contributed by atoms with Crippen LogP contribution < -0.4 is 10.2 Å². The monoisotopic (exact) mass is 274 g/mol. The molecule has 0 fully saturated rings. The first-order chi connectivity index (χ1) is 9.85. The molecule has 0 aliphatic carbocycles. The molecule has 0 saturated carbocycles. The standard InChI is InChI=1S/C18H30N2/c1-3-13-19-17(4-2)11-8-15-20-14-7-10-16-9-5-6-12-18(16)20/h5-6,9,12,17,19H,3-4,7-8,10-11,13-15H2,1-2H3. The third kappa shape index (κ3) is 4.24. The van der Waals surface area contributed by atoms with E-state index in [0.29, 0.717) is 6.04 Å². The molecule has 1 aromatic carbocycles. The Morgan fingerprint density at radius 3 is 2.90 bits per heavy atom. The second-order valence-electron chi connectivity index (χ2n) is 5.92. The Hall–Kier alpha value is -1.02. The summed E-state index contributed by atoms with van der Waals surface area (Å²) in [6, 6.07) is 9.63. The first-order valence-corrected chi connectivity index (χ1v) is 8.41. The number of hydrogen-bond acceptors (Lipinski definition) is 2. The van der Waals surface area contributed by atoms with Gasteiger partial charge in [-0.25, -0.2) is 0 Å². The van der Waals surface area contributed by atoms with E-state index in [4.69, 9.17) is 0 Å². The van der Waals surface area contributed by atoms with Crippen molar-refractivity contribution in [2.45, 2.75) is 58.4 Å². The molecule has 2 heteroatoms. The van der Waals surface area contributed by atoms with Crippen LogP contribution >= 0.6 is 0 Å². The van der Waals surface area contributed by atoms with Crippen LogP contribution in [0.4, 0.5) is 5.69 Å². The van der Waals surface area contributed by atoms with E-state index in [0.717, 1.165) is 6.54 Å². The number of para-hydroxylation sites is 1. The highest BCUT2D eigenvalue weighted by atomic mass is 15.1. The summed E-state index contributed by atoms with van der Waals surface area (Å²) < 4.78 is 0. The molecular formula is C18H30N2. The number of fused-ring (bicyclic) bond motifs is 1. The number of hydrogen-bond donors (Lipinski definition) is 1. The highest BCUT2D eigenvalue weighted by Gasteiger charge is 2.16. The maximum Gasteiger partial charge on any atom is 0.0398 e. The molecule has 0 spiro atoms. The number of rotatable bonds is 8. The van der Waals surface area contributed by atoms with Gasteiger partial charge in [0.25, 0.3) is 0 Å². The van der Waals surface area contributed by atoms with Gasteiger partial charge in [-0.15, -0.1) is 0 Å². The minimum Gasteiger partial charge on any atom is -0.371 e. The molecule has 0 bridgehead atoms. The molecular weight excluding hydrogens is 244 g/mol. The summed E-state index contributed by atoms with van der Waals surface area (Å²) in [6.45, 7) is 8.14. The van der Waals surface area contributed by atoms with Gasteiger partial charge in [-0.2, -0.15) is 0 Å². The zero-order chi connectivity index (χ0) is 14.2. The lowest BCUT2D eigenvalue weighted by Crippen LogP contribution is -2.33. The van der Waals surface area contributed by atoms with Crippen LogP contribution in [-0.4, -0.2) is 25.7 Å². The highest BCUT2D eigenvalue weighted by molar-refractivity contribution is 5.55. The van der Waals surface area contributed by atoms with Crippen molar-refractivity contribution in [1.82, 2.24) is 5.32 Å². The maximum absolute atomic E-state index is 3.66. The van der Waals surface area contributed by atoms with Crippen molar-refractivity contribution in [2.24, 2.45) is 0 Å². The topological polar surface area (TPSA) is 15.3 Å². The maximum atomic E-state index is 3.66. The molecule has 0 saturated heterocycles. The van der Waals surface area contributed by atoms with Gasteiger partial charge in [0.2, 0.25) is 0 Å². The summed E-state index contributed by atoms with van der Waals surface area (Å²) in [6.07, 6.45) is 7.63. The van der Waals surface area contributed by atoms with Crippen LogP contribution in [0.2, 0.25) is 0 Å². The van der Waals surface area contributed by atoms with Gasteiger partial charge in [-0.05, 0) is 56.7 Å². The lowest BCUT2D eigenvalue weighted by molar-refractivity contribution is 0.454. The van der Waals surface area contributed by atoms with Crippen LogP contribution in [0.1, 0.15) is 51.5 Å². The van der Waals surface area contributed by atoms with E-state index in [9.17, 15) is 0 Å². The molecule has 1 atom stereocenters. The molecule has 20 heavy (non-hydrogen) atoms. The van der Waals surface area contributed by atoms with Crippen molar-refractivity contribution >= 4 is 5.69 Å². The summed E-state index contributed by atoms with van der Waals surface area (Å²) in [5.41, 5.74) is 3.02. The third-order valence-electron chi connectivity index (χ3n) is 4.36. The van der Waals surface area contributed by atoms with Crippen LogP contribution in [0, 0.1) is 0 Å². The summed E-state index contributed by atoms with van der Waals surface area (Å²) >= 11 is 0. The molecule has 1 heterocycles. The molecule has 1 N–H and O–H groups in total. The van der Waals surface area contributed by atoms with Gasteiger partial charge in [0.05, 0.1) is 0 Å². The molecule has 0 radical (unpaired) electrons. The fraction of sp³-hybridized carbons (Fsp3) is 0.667. The van der Waals surface area contributed by atoms with Gasteiger partial charge in [-0.3, -0.25) is 0 Å². The largest absolute Gasteiger partial charge is 0.371 e. The van der Waals surface area contributed by atoms with E-state index in [2.05, 4.69) is 48.3 Å². The van der Waals surface area contributed by atoms with Gasteiger partial charge in [0.1, 0.15) is 0 Å². The van der Waals surface area contributed by atoms with Crippen LogP contribution in [-0.2, 0) is 6.42 Å². The summed E-state index contributed by atoms with van der Waals surface area (Å²) in [7, 11) is 0. The normalized spacial score (nSPS) is 16.0. The lowest BCUT2D eigenvalue weighted by Gasteiger charge is -2.31. The van der Waals surface area contributed by atoms with E-state index in [1.165, 1.54) is 62.9 Å². The average Bonchev–Trinajstić information content (AvgIpc) is 2.51. The average molecular weight is 274 g/mol. The smallest absolute Gasteiger partial charge is 0.0398 e. The molecule has 0 amide bonds. The first-order valence-electron chi connectivity index (χ1n) is 8.41. The summed E-state index contributed by atoms with van der Waals surface area (Å²) in [5.74, 6) is 0. The predicted molar refractivity (Wildman–Crippen MR) is 88.6 cm³/mol. The molecule has 1 aliphatic rings. The minimum absolute atomic E-state index is 0.704. The van der Waals surface area contributed by atoms with Crippen LogP contribution in [0.3, 0.4) is 0 Å². The number of benzene rings is 1. The molecule has 1 unspecified atom stereocenters. The fourth-order valence-corrected chi connectivity index (χ4v) is 3.17. The van der Waals surface area contributed by atoms with E-state index < -0.39 is 0 Å². The van der Waals surface area contributed by atoms with Gasteiger partial charge < -0.3 is 10.2 Å². The Morgan fingerprint density at radius 2 is 2.10 bits per heavy atom. The van der Waals surface area contributed by atoms with Crippen molar-refractivity contribution in [3.8, 4) is 0 Å². The van der Waals surface area contributed by atoms with Crippen molar-refractivity contribution in [2.75, 3.05) is 24.5 Å². The van der Waals surface area contributed by atoms with Gasteiger partial charge >= 0.3 is 0 Å². The predicted octanol–water partition coefficient (Wildman–Crippen LogP) is 4.00. The summed E-state index contributed by atoms with van der Waals surface area (Å²) in [5, 5.41) is 3.66. The van der Waals surface area contributed by atoms with Gasteiger partial charge in [-0.1, -0.05) is 32.0 Å². The van der Waals surface area contributed by atoms with Crippen LogP contribution in [0.5, 0.6) is 0 Å².